The lowest BCUT2D eigenvalue weighted by Crippen LogP contribution is -2.41. The first kappa shape index (κ1) is 20.5. The number of carbonyl (C=O) groups is 1. The van der Waals surface area contributed by atoms with Crippen LogP contribution < -0.4 is 11.1 Å². The zero-order valence-electron chi connectivity index (χ0n) is 16.6. The third-order valence-electron chi connectivity index (χ3n) is 5.72. The second-order valence-electron chi connectivity index (χ2n) is 8.00. The van der Waals surface area contributed by atoms with Crippen LogP contribution in [-0.2, 0) is 18.4 Å². The van der Waals surface area contributed by atoms with E-state index < -0.39 is 24.0 Å². The molecule has 0 bridgehead atoms. The Bertz CT molecular complexity index is 981. The molecule has 2 aliphatic rings. The van der Waals surface area contributed by atoms with Gasteiger partial charge in [0.05, 0.1) is 12.1 Å². The molecule has 2 aliphatic heterocycles. The lowest BCUT2D eigenvalue weighted by Gasteiger charge is -2.34. The van der Waals surface area contributed by atoms with Gasteiger partial charge in [-0.05, 0) is 42.7 Å². The number of hydrogen-bond acceptors (Lipinski definition) is 4. The van der Waals surface area contributed by atoms with E-state index in [2.05, 4.69) is 10.4 Å². The van der Waals surface area contributed by atoms with Gasteiger partial charge in [-0.1, -0.05) is 12.1 Å². The molecular formula is C21H24F3N5O. The van der Waals surface area contributed by atoms with Crippen LogP contribution in [0.3, 0.4) is 0 Å². The minimum atomic E-state index is -4.16. The Morgan fingerprint density at radius 3 is 2.83 bits per heavy atom. The van der Waals surface area contributed by atoms with Gasteiger partial charge in [0.1, 0.15) is 6.04 Å². The summed E-state index contributed by atoms with van der Waals surface area (Å²) in [4.78, 5) is 13.7. The number of aromatic nitrogens is 2. The standard InChI is InChI=1S/C21H24F3N5O/c1-28-11-14(9-26-28)17-8-19(20(25)30)27-18-7-13(4-5-16(17)18)10-29-6-2-3-15(12-29)21(22,23)24/h4-5,7-9,11,15,19,27H,2-3,6,10,12H2,1H3,(H2,25,30). The molecule has 3 N–H and O–H groups in total. The molecule has 1 fully saturated rings. The van der Waals surface area contributed by atoms with Gasteiger partial charge in [-0.15, -0.1) is 0 Å². The van der Waals surface area contributed by atoms with Crippen molar-refractivity contribution in [1.82, 2.24) is 14.7 Å². The van der Waals surface area contributed by atoms with Crippen LogP contribution in [0.4, 0.5) is 18.9 Å². The summed E-state index contributed by atoms with van der Waals surface area (Å²) < 4.78 is 41.0. The number of rotatable bonds is 4. The Morgan fingerprint density at radius 2 is 2.17 bits per heavy atom. The smallest absolute Gasteiger partial charge is 0.370 e. The number of nitrogens with two attached hydrogens (primary N) is 1. The number of anilines is 1. The molecule has 6 nitrogen and oxygen atoms in total. The molecule has 3 heterocycles. The van der Waals surface area contributed by atoms with Gasteiger partial charge in [0, 0.05) is 43.1 Å². The predicted molar refractivity (Wildman–Crippen MR) is 107 cm³/mol. The lowest BCUT2D eigenvalue weighted by atomic mass is 9.91. The molecule has 1 aromatic carbocycles. The summed E-state index contributed by atoms with van der Waals surface area (Å²) in [5.74, 6) is -1.78. The van der Waals surface area contributed by atoms with Crippen molar-refractivity contribution >= 4 is 17.2 Å². The van der Waals surface area contributed by atoms with Crippen LogP contribution in [0.5, 0.6) is 0 Å². The van der Waals surface area contributed by atoms with Crippen molar-refractivity contribution in [3.63, 3.8) is 0 Å². The predicted octanol–water partition coefficient (Wildman–Crippen LogP) is 2.91. The lowest BCUT2D eigenvalue weighted by molar-refractivity contribution is -0.187. The number of fused-ring (bicyclic) bond motifs is 1. The van der Waals surface area contributed by atoms with Crippen molar-refractivity contribution < 1.29 is 18.0 Å². The van der Waals surface area contributed by atoms with Gasteiger partial charge < -0.3 is 11.1 Å². The summed E-state index contributed by atoms with van der Waals surface area (Å²) in [7, 11) is 1.81. The van der Waals surface area contributed by atoms with Crippen LogP contribution in [0, 0.1) is 5.92 Å². The summed E-state index contributed by atoms with van der Waals surface area (Å²) >= 11 is 0. The van der Waals surface area contributed by atoms with Crippen LogP contribution in [-0.4, -0.2) is 45.9 Å². The molecule has 2 unspecified atom stereocenters. The topological polar surface area (TPSA) is 76.2 Å². The average Bonchev–Trinajstić information content (AvgIpc) is 3.12. The SMILES string of the molecule is Cn1cc(C2=CC(C(N)=O)Nc3cc(CN4CCCC(C(F)(F)F)C4)ccc32)cn1. The molecule has 4 rings (SSSR count). The van der Waals surface area contributed by atoms with Gasteiger partial charge in [-0.25, -0.2) is 0 Å². The van der Waals surface area contributed by atoms with Crippen molar-refractivity contribution in [3.05, 3.63) is 53.4 Å². The Labute approximate surface area is 172 Å². The van der Waals surface area contributed by atoms with E-state index in [-0.39, 0.29) is 13.0 Å². The molecule has 0 saturated carbocycles. The summed E-state index contributed by atoms with van der Waals surface area (Å²) in [6.45, 7) is 1.08. The fourth-order valence-corrected chi connectivity index (χ4v) is 4.20. The zero-order chi connectivity index (χ0) is 21.5. The summed E-state index contributed by atoms with van der Waals surface area (Å²) in [5, 5.41) is 7.33. The second kappa shape index (κ2) is 7.79. The number of halogens is 3. The highest BCUT2D eigenvalue weighted by Gasteiger charge is 2.41. The van der Waals surface area contributed by atoms with E-state index in [1.807, 2.05) is 36.3 Å². The van der Waals surface area contributed by atoms with Crippen molar-refractivity contribution in [2.24, 2.45) is 18.7 Å². The summed E-state index contributed by atoms with van der Waals surface area (Å²) in [5.41, 5.74) is 9.77. The molecule has 0 spiro atoms. The average molecular weight is 419 g/mol. The number of carbonyl (C=O) groups excluding carboxylic acids is 1. The van der Waals surface area contributed by atoms with E-state index in [1.54, 1.807) is 17.0 Å². The number of nitrogens with zero attached hydrogens (tertiary/aromatic N) is 3. The van der Waals surface area contributed by atoms with E-state index in [0.717, 1.165) is 28.0 Å². The Morgan fingerprint density at radius 1 is 1.37 bits per heavy atom. The van der Waals surface area contributed by atoms with Crippen LogP contribution in [0.2, 0.25) is 0 Å². The zero-order valence-corrected chi connectivity index (χ0v) is 16.6. The van der Waals surface area contributed by atoms with E-state index >= 15 is 0 Å². The van der Waals surface area contributed by atoms with Gasteiger partial charge in [-0.2, -0.15) is 18.3 Å². The Balaban J connectivity index is 1.59. The van der Waals surface area contributed by atoms with Gasteiger partial charge in [0.2, 0.25) is 5.91 Å². The maximum absolute atomic E-state index is 13.1. The quantitative estimate of drug-likeness (QED) is 0.799. The number of amides is 1. The van der Waals surface area contributed by atoms with Crippen LogP contribution in [0.1, 0.15) is 29.5 Å². The maximum Gasteiger partial charge on any atom is 0.393 e. The minimum absolute atomic E-state index is 0.0127. The number of alkyl halides is 3. The number of piperidine rings is 1. The number of aryl methyl sites for hydroxylation is 1. The molecule has 30 heavy (non-hydrogen) atoms. The Kier molecular flexibility index (Phi) is 5.31. The summed E-state index contributed by atoms with van der Waals surface area (Å²) in [6, 6.07) is 5.07. The van der Waals surface area contributed by atoms with Gasteiger partial charge in [-0.3, -0.25) is 14.4 Å². The van der Waals surface area contributed by atoms with Crippen molar-refractivity contribution in [2.75, 3.05) is 18.4 Å². The highest BCUT2D eigenvalue weighted by molar-refractivity contribution is 5.96. The van der Waals surface area contributed by atoms with Crippen molar-refractivity contribution in [1.29, 1.82) is 0 Å². The van der Waals surface area contributed by atoms with E-state index in [4.69, 9.17) is 5.73 Å². The minimum Gasteiger partial charge on any atom is -0.370 e. The fourth-order valence-electron chi connectivity index (χ4n) is 4.20. The Hall–Kier alpha value is -2.81. The molecule has 2 aromatic rings. The van der Waals surface area contributed by atoms with E-state index in [0.29, 0.717) is 19.5 Å². The van der Waals surface area contributed by atoms with Crippen LogP contribution in [0.25, 0.3) is 5.57 Å². The number of likely N-dealkylation sites (tertiary alicyclic amines) is 1. The molecular weight excluding hydrogens is 395 g/mol. The maximum atomic E-state index is 13.1. The molecule has 0 aliphatic carbocycles. The van der Waals surface area contributed by atoms with Crippen molar-refractivity contribution in [2.45, 2.75) is 31.6 Å². The molecule has 0 radical (unpaired) electrons. The first-order valence-corrected chi connectivity index (χ1v) is 9.90. The van der Waals surface area contributed by atoms with Gasteiger partial charge in [0.25, 0.3) is 0 Å². The fraction of sp³-hybridized carbons (Fsp3) is 0.429. The highest BCUT2D eigenvalue weighted by Crippen LogP contribution is 2.36. The van der Waals surface area contributed by atoms with E-state index in [9.17, 15) is 18.0 Å². The molecule has 1 aromatic heterocycles. The first-order valence-electron chi connectivity index (χ1n) is 9.90. The monoisotopic (exact) mass is 419 g/mol. The highest BCUT2D eigenvalue weighted by atomic mass is 19.4. The third-order valence-corrected chi connectivity index (χ3v) is 5.72. The van der Waals surface area contributed by atoms with Crippen LogP contribution >= 0.6 is 0 Å². The molecule has 1 saturated heterocycles. The number of benzene rings is 1. The number of primary amides is 1. The first-order chi connectivity index (χ1) is 14.2. The molecule has 9 heteroatoms. The van der Waals surface area contributed by atoms with Gasteiger partial charge in [0.15, 0.2) is 0 Å². The molecule has 160 valence electrons. The normalized spacial score (nSPS) is 22.2. The van der Waals surface area contributed by atoms with E-state index in [1.165, 1.54) is 0 Å². The summed E-state index contributed by atoms with van der Waals surface area (Å²) in [6.07, 6.45) is 1.92. The molecule has 1 amide bonds. The largest absolute Gasteiger partial charge is 0.393 e. The van der Waals surface area contributed by atoms with Crippen LogP contribution in [0.15, 0.2) is 36.7 Å². The number of hydrogen-bond donors (Lipinski definition) is 2. The van der Waals surface area contributed by atoms with Crippen molar-refractivity contribution in [3.8, 4) is 0 Å². The number of nitrogens with one attached hydrogen (secondary N) is 1. The second-order valence-corrected chi connectivity index (χ2v) is 8.00. The van der Waals surface area contributed by atoms with Gasteiger partial charge >= 0.3 is 6.18 Å². The third kappa shape index (κ3) is 4.21. The molecule has 2 atom stereocenters.